The summed E-state index contributed by atoms with van der Waals surface area (Å²) >= 11 is 0. The molecule has 1 saturated heterocycles. The maximum Gasteiger partial charge on any atom is 0.225 e. The second-order valence-corrected chi connectivity index (χ2v) is 5.39. The molecule has 1 fully saturated rings. The third-order valence-electron chi connectivity index (χ3n) is 3.76. The van der Waals surface area contributed by atoms with Crippen molar-refractivity contribution in [1.82, 2.24) is 10.6 Å². The first kappa shape index (κ1) is 14.5. The van der Waals surface area contributed by atoms with E-state index in [4.69, 9.17) is 0 Å². The minimum absolute atomic E-state index is 0.0120. The van der Waals surface area contributed by atoms with Crippen LogP contribution in [0.5, 0.6) is 0 Å². The van der Waals surface area contributed by atoms with Crippen LogP contribution in [0.2, 0.25) is 0 Å². The first-order valence-corrected chi connectivity index (χ1v) is 6.80. The number of nitrogens with one attached hydrogen (secondary N) is 2. The molecule has 108 valence electrons. The average molecular weight is 276 g/mol. The lowest BCUT2D eigenvalue weighted by molar-refractivity contribution is -0.130. The lowest BCUT2D eigenvalue weighted by Gasteiger charge is -2.32. The SMILES string of the molecule is CC(CO)(NC(=O)C1CCC(=O)NC1)c1ccccc1. The zero-order chi connectivity index (χ0) is 14.6. The molecule has 1 heterocycles. The second kappa shape index (κ2) is 6.05. The summed E-state index contributed by atoms with van der Waals surface area (Å²) in [5, 5.41) is 15.2. The van der Waals surface area contributed by atoms with Crippen LogP contribution in [0.25, 0.3) is 0 Å². The summed E-state index contributed by atoms with van der Waals surface area (Å²) in [6.07, 6.45) is 0.924. The van der Waals surface area contributed by atoms with Crippen LogP contribution >= 0.6 is 0 Å². The molecule has 5 heteroatoms. The maximum atomic E-state index is 12.3. The topological polar surface area (TPSA) is 78.4 Å². The standard InChI is InChI=1S/C15H20N2O3/c1-15(10-18,12-5-3-2-4-6-12)17-14(20)11-7-8-13(19)16-9-11/h2-6,11,18H,7-10H2,1H3,(H,16,19)(H,17,20). The summed E-state index contributed by atoms with van der Waals surface area (Å²) in [5.74, 6) is -0.380. The molecule has 5 nitrogen and oxygen atoms in total. The molecule has 1 aliphatic rings. The van der Waals surface area contributed by atoms with Gasteiger partial charge in [0.2, 0.25) is 11.8 Å². The number of rotatable bonds is 4. The number of hydrogen-bond acceptors (Lipinski definition) is 3. The third-order valence-corrected chi connectivity index (χ3v) is 3.76. The van der Waals surface area contributed by atoms with Crippen LogP contribution in [-0.4, -0.2) is 30.1 Å². The summed E-state index contributed by atoms with van der Waals surface area (Å²) in [6.45, 7) is 1.98. The lowest BCUT2D eigenvalue weighted by Crippen LogP contribution is -2.51. The number of carbonyl (C=O) groups excluding carboxylic acids is 2. The number of aliphatic hydroxyl groups is 1. The number of carbonyl (C=O) groups is 2. The van der Waals surface area contributed by atoms with Gasteiger partial charge in [0.05, 0.1) is 18.1 Å². The Labute approximate surface area is 118 Å². The van der Waals surface area contributed by atoms with E-state index in [0.29, 0.717) is 19.4 Å². The highest BCUT2D eigenvalue weighted by molar-refractivity contribution is 5.84. The number of piperidine rings is 1. The van der Waals surface area contributed by atoms with E-state index in [9.17, 15) is 14.7 Å². The molecule has 2 rings (SSSR count). The van der Waals surface area contributed by atoms with Crippen molar-refractivity contribution in [3.63, 3.8) is 0 Å². The van der Waals surface area contributed by atoms with Crippen molar-refractivity contribution in [3.8, 4) is 0 Å². The van der Waals surface area contributed by atoms with E-state index in [1.54, 1.807) is 6.92 Å². The number of benzene rings is 1. The predicted molar refractivity (Wildman–Crippen MR) is 74.8 cm³/mol. The van der Waals surface area contributed by atoms with Gasteiger partial charge < -0.3 is 15.7 Å². The molecular weight excluding hydrogens is 256 g/mol. The van der Waals surface area contributed by atoms with Crippen LogP contribution < -0.4 is 10.6 Å². The molecule has 2 atom stereocenters. The van der Waals surface area contributed by atoms with Crippen molar-refractivity contribution in [3.05, 3.63) is 35.9 Å². The van der Waals surface area contributed by atoms with Gasteiger partial charge in [-0.25, -0.2) is 0 Å². The summed E-state index contributed by atoms with van der Waals surface area (Å²) in [6, 6.07) is 9.38. The van der Waals surface area contributed by atoms with Crippen molar-refractivity contribution in [2.24, 2.45) is 5.92 Å². The van der Waals surface area contributed by atoms with Gasteiger partial charge in [-0.3, -0.25) is 9.59 Å². The van der Waals surface area contributed by atoms with Crippen molar-refractivity contribution in [2.45, 2.75) is 25.3 Å². The van der Waals surface area contributed by atoms with E-state index in [1.165, 1.54) is 0 Å². The molecule has 0 aliphatic carbocycles. The van der Waals surface area contributed by atoms with Crippen LogP contribution in [-0.2, 0) is 15.1 Å². The molecule has 1 aliphatic heterocycles. The van der Waals surface area contributed by atoms with Crippen LogP contribution in [0.15, 0.2) is 30.3 Å². The van der Waals surface area contributed by atoms with Gasteiger partial charge in [0.25, 0.3) is 0 Å². The molecule has 1 aromatic carbocycles. The molecule has 0 aromatic heterocycles. The van der Waals surface area contributed by atoms with Crippen LogP contribution in [0.1, 0.15) is 25.3 Å². The minimum atomic E-state index is -0.806. The highest BCUT2D eigenvalue weighted by atomic mass is 16.3. The minimum Gasteiger partial charge on any atom is -0.394 e. The largest absolute Gasteiger partial charge is 0.394 e. The quantitative estimate of drug-likeness (QED) is 0.751. The van der Waals surface area contributed by atoms with E-state index in [2.05, 4.69) is 10.6 Å². The molecule has 1 aromatic rings. The Balaban J connectivity index is 2.06. The van der Waals surface area contributed by atoms with Gasteiger partial charge in [0.1, 0.15) is 0 Å². The molecule has 20 heavy (non-hydrogen) atoms. The Morgan fingerprint density at radius 2 is 2.15 bits per heavy atom. The summed E-state index contributed by atoms with van der Waals surface area (Å²) in [7, 11) is 0. The van der Waals surface area contributed by atoms with Gasteiger partial charge in [0, 0.05) is 13.0 Å². The average Bonchev–Trinajstić information content (AvgIpc) is 2.48. The highest BCUT2D eigenvalue weighted by Gasteiger charge is 2.32. The lowest BCUT2D eigenvalue weighted by atomic mass is 9.90. The van der Waals surface area contributed by atoms with Gasteiger partial charge in [-0.15, -0.1) is 0 Å². The van der Waals surface area contributed by atoms with Crippen molar-refractivity contribution in [1.29, 1.82) is 0 Å². The van der Waals surface area contributed by atoms with Crippen molar-refractivity contribution < 1.29 is 14.7 Å². The Hall–Kier alpha value is -1.88. The van der Waals surface area contributed by atoms with E-state index >= 15 is 0 Å². The molecule has 0 spiro atoms. The second-order valence-electron chi connectivity index (χ2n) is 5.39. The fourth-order valence-corrected chi connectivity index (χ4v) is 2.34. The smallest absolute Gasteiger partial charge is 0.225 e. The van der Waals surface area contributed by atoms with Crippen molar-refractivity contribution >= 4 is 11.8 Å². The summed E-state index contributed by atoms with van der Waals surface area (Å²) in [5.41, 5.74) is 0.0514. The molecule has 0 radical (unpaired) electrons. The van der Waals surface area contributed by atoms with E-state index in [1.807, 2.05) is 30.3 Å². The maximum absolute atomic E-state index is 12.3. The Morgan fingerprint density at radius 1 is 1.45 bits per heavy atom. The third kappa shape index (κ3) is 3.17. The van der Waals surface area contributed by atoms with Crippen LogP contribution in [0, 0.1) is 5.92 Å². The van der Waals surface area contributed by atoms with E-state index < -0.39 is 5.54 Å². The zero-order valence-electron chi connectivity index (χ0n) is 11.6. The summed E-state index contributed by atoms with van der Waals surface area (Å²) < 4.78 is 0. The van der Waals surface area contributed by atoms with Crippen LogP contribution in [0.3, 0.4) is 0 Å². The number of aliphatic hydroxyl groups excluding tert-OH is 1. The molecule has 0 saturated carbocycles. The molecule has 0 bridgehead atoms. The van der Waals surface area contributed by atoms with Gasteiger partial charge in [-0.1, -0.05) is 30.3 Å². The monoisotopic (exact) mass is 276 g/mol. The molecule has 3 N–H and O–H groups in total. The number of hydrogen-bond donors (Lipinski definition) is 3. The fraction of sp³-hybridized carbons (Fsp3) is 0.467. The van der Waals surface area contributed by atoms with Gasteiger partial charge in [-0.05, 0) is 18.9 Å². The molecule has 2 unspecified atom stereocenters. The normalized spacial score (nSPS) is 21.7. The highest BCUT2D eigenvalue weighted by Crippen LogP contribution is 2.21. The van der Waals surface area contributed by atoms with Crippen molar-refractivity contribution in [2.75, 3.05) is 13.2 Å². The summed E-state index contributed by atoms with van der Waals surface area (Å²) in [4.78, 5) is 23.4. The van der Waals surface area contributed by atoms with E-state index in [-0.39, 0.29) is 24.3 Å². The Kier molecular flexibility index (Phi) is 4.39. The Morgan fingerprint density at radius 3 is 2.70 bits per heavy atom. The fourth-order valence-electron chi connectivity index (χ4n) is 2.34. The van der Waals surface area contributed by atoms with E-state index in [0.717, 1.165) is 5.56 Å². The predicted octanol–water partition coefficient (Wildman–Crippen LogP) is 0.536. The first-order chi connectivity index (χ1) is 9.55. The zero-order valence-corrected chi connectivity index (χ0v) is 11.6. The van der Waals surface area contributed by atoms with Gasteiger partial charge in [-0.2, -0.15) is 0 Å². The van der Waals surface area contributed by atoms with Gasteiger partial charge >= 0.3 is 0 Å². The van der Waals surface area contributed by atoms with Gasteiger partial charge in [0.15, 0.2) is 0 Å². The number of amides is 2. The molecule has 2 amide bonds. The van der Waals surface area contributed by atoms with Crippen LogP contribution in [0.4, 0.5) is 0 Å². The molecular formula is C15H20N2O3. The first-order valence-electron chi connectivity index (χ1n) is 6.80. The Bertz CT molecular complexity index is 479.